The molecule has 4 rings (SSSR count). The number of hydrogen-bond donors (Lipinski definition) is 2. The van der Waals surface area contributed by atoms with E-state index < -0.39 is 12.0 Å². The van der Waals surface area contributed by atoms with Crippen molar-refractivity contribution in [2.75, 3.05) is 0 Å². The van der Waals surface area contributed by atoms with Gasteiger partial charge in [0, 0.05) is 17.3 Å². The number of aliphatic carboxylic acids is 1. The number of carboxylic acids is 1. The summed E-state index contributed by atoms with van der Waals surface area (Å²) >= 11 is 3.46. The van der Waals surface area contributed by atoms with Gasteiger partial charge in [-0.25, -0.2) is 9.99 Å². The van der Waals surface area contributed by atoms with Gasteiger partial charge in [-0.15, -0.1) is 0 Å². The molecule has 2 aromatic carbocycles. The molecule has 0 bridgehead atoms. The topological polar surface area (TPSA) is 98.7 Å². The van der Waals surface area contributed by atoms with E-state index in [0.29, 0.717) is 12.2 Å². The summed E-state index contributed by atoms with van der Waals surface area (Å²) in [7, 11) is 0. The molecule has 1 aliphatic heterocycles. The van der Waals surface area contributed by atoms with Gasteiger partial charge in [0.25, 0.3) is 0 Å². The van der Waals surface area contributed by atoms with Gasteiger partial charge in [0.1, 0.15) is 11.9 Å². The first-order chi connectivity index (χ1) is 13.5. The Morgan fingerprint density at radius 3 is 2.75 bits per heavy atom. The molecule has 1 atom stereocenters. The van der Waals surface area contributed by atoms with Gasteiger partial charge in [-0.1, -0.05) is 40.2 Å². The van der Waals surface area contributed by atoms with Crippen molar-refractivity contribution in [3.05, 3.63) is 64.4 Å². The molecule has 1 amide bonds. The first kappa shape index (κ1) is 18.4. The van der Waals surface area contributed by atoms with Crippen LogP contribution in [0.1, 0.15) is 36.7 Å². The molecule has 0 radical (unpaired) electrons. The smallest absolute Gasteiger partial charge is 0.303 e. The Morgan fingerprint density at radius 1 is 1.18 bits per heavy atom. The first-order valence-corrected chi connectivity index (χ1v) is 9.62. The van der Waals surface area contributed by atoms with Crippen LogP contribution in [0.25, 0.3) is 11.0 Å². The molecule has 0 aliphatic carbocycles. The van der Waals surface area contributed by atoms with Gasteiger partial charge in [-0.3, -0.25) is 9.59 Å². The molecular formula is C20H17BrN4O3. The van der Waals surface area contributed by atoms with Crippen molar-refractivity contribution in [2.45, 2.75) is 25.3 Å². The number of H-pyrrole nitrogens is 1. The number of hydrazone groups is 1. The van der Waals surface area contributed by atoms with E-state index in [0.717, 1.165) is 26.8 Å². The molecule has 8 heteroatoms. The monoisotopic (exact) mass is 440 g/mol. The number of amides is 1. The van der Waals surface area contributed by atoms with E-state index in [1.165, 1.54) is 5.01 Å². The summed E-state index contributed by atoms with van der Waals surface area (Å²) in [6.07, 6.45) is 0.153. The van der Waals surface area contributed by atoms with Gasteiger partial charge >= 0.3 is 5.97 Å². The third-order valence-electron chi connectivity index (χ3n) is 4.60. The number of rotatable bonds is 5. The second-order valence-corrected chi connectivity index (χ2v) is 7.46. The third-order valence-corrected chi connectivity index (χ3v) is 5.09. The van der Waals surface area contributed by atoms with E-state index in [4.69, 9.17) is 5.11 Å². The van der Waals surface area contributed by atoms with Gasteiger partial charge in [0.2, 0.25) is 5.91 Å². The van der Waals surface area contributed by atoms with Crippen LogP contribution >= 0.6 is 15.9 Å². The molecule has 7 nitrogen and oxygen atoms in total. The molecule has 2 heterocycles. The van der Waals surface area contributed by atoms with Gasteiger partial charge in [0.15, 0.2) is 0 Å². The average molecular weight is 441 g/mol. The zero-order valence-corrected chi connectivity index (χ0v) is 16.4. The highest BCUT2D eigenvalue weighted by molar-refractivity contribution is 9.10. The number of carbonyl (C=O) groups is 2. The standard InChI is InChI=1S/C20H17BrN4O3/c21-13-5-3-4-12(10-13)16-11-17(25(24-16)18(26)8-9-19(27)28)20-22-14-6-1-2-7-15(14)23-20/h1-7,10,17H,8-9,11H2,(H,22,23)(H,27,28). The van der Waals surface area contributed by atoms with E-state index >= 15 is 0 Å². The molecule has 3 aromatic rings. The van der Waals surface area contributed by atoms with Crippen molar-refractivity contribution in [3.63, 3.8) is 0 Å². The number of fused-ring (bicyclic) bond motifs is 1. The molecule has 0 fully saturated rings. The van der Waals surface area contributed by atoms with Crippen LogP contribution in [0.5, 0.6) is 0 Å². The third kappa shape index (κ3) is 3.68. The highest BCUT2D eigenvalue weighted by Gasteiger charge is 2.35. The molecular weight excluding hydrogens is 424 g/mol. The number of hydrogen-bond acceptors (Lipinski definition) is 4. The minimum absolute atomic E-state index is 0.110. The normalized spacial score (nSPS) is 16.4. The number of benzene rings is 2. The minimum atomic E-state index is -1.01. The van der Waals surface area contributed by atoms with E-state index in [1.807, 2.05) is 48.5 Å². The van der Waals surface area contributed by atoms with Crippen molar-refractivity contribution in [1.82, 2.24) is 15.0 Å². The summed E-state index contributed by atoms with van der Waals surface area (Å²) in [5, 5.41) is 14.8. The van der Waals surface area contributed by atoms with E-state index in [9.17, 15) is 9.59 Å². The molecule has 1 unspecified atom stereocenters. The molecule has 1 aromatic heterocycles. The largest absolute Gasteiger partial charge is 0.481 e. The Kier molecular flexibility index (Phi) is 4.95. The lowest BCUT2D eigenvalue weighted by atomic mass is 10.0. The van der Waals surface area contributed by atoms with Crippen LogP contribution in [0.15, 0.2) is 58.1 Å². The maximum atomic E-state index is 12.7. The number of imidazole rings is 1. The van der Waals surface area contributed by atoms with Crippen molar-refractivity contribution in [1.29, 1.82) is 0 Å². The number of aromatic amines is 1. The predicted octanol–water partition coefficient (Wildman–Crippen LogP) is 3.87. The van der Waals surface area contributed by atoms with Crippen LogP contribution in [0.2, 0.25) is 0 Å². The summed E-state index contributed by atoms with van der Waals surface area (Å²) in [4.78, 5) is 31.5. The first-order valence-electron chi connectivity index (χ1n) is 8.83. The lowest BCUT2D eigenvalue weighted by Crippen LogP contribution is -2.28. The van der Waals surface area contributed by atoms with E-state index in [-0.39, 0.29) is 18.7 Å². The van der Waals surface area contributed by atoms with Crippen LogP contribution in [0.4, 0.5) is 0 Å². The van der Waals surface area contributed by atoms with Crippen LogP contribution in [0, 0.1) is 0 Å². The summed E-state index contributed by atoms with van der Waals surface area (Å²) in [6.45, 7) is 0. The van der Waals surface area contributed by atoms with Crippen molar-refractivity contribution < 1.29 is 14.7 Å². The van der Waals surface area contributed by atoms with Gasteiger partial charge in [0.05, 0.1) is 23.2 Å². The maximum Gasteiger partial charge on any atom is 0.303 e. The van der Waals surface area contributed by atoms with Crippen molar-refractivity contribution >= 4 is 44.6 Å². The fourth-order valence-corrected chi connectivity index (χ4v) is 3.65. The van der Waals surface area contributed by atoms with Gasteiger partial charge in [-0.05, 0) is 29.8 Å². The van der Waals surface area contributed by atoms with E-state index in [2.05, 4.69) is 31.0 Å². The second kappa shape index (κ2) is 7.55. The highest BCUT2D eigenvalue weighted by atomic mass is 79.9. The SMILES string of the molecule is O=C(O)CCC(=O)N1N=C(c2cccc(Br)c2)CC1c1nc2ccccc2[nH]1. The van der Waals surface area contributed by atoms with Crippen molar-refractivity contribution in [3.8, 4) is 0 Å². The molecule has 1 aliphatic rings. The number of carbonyl (C=O) groups excluding carboxylic acids is 1. The Morgan fingerprint density at radius 2 is 2.00 bits per heavy atom. The Labute approximate surface area is 169 Å². The molecule has 0 saturated carbocycles. The minimum Gasteiger partial charge on any atom is -0.481 e. The number of halogens is 1. The van der Waals surface area contributed by atoms with Crippen LogP contribution in [0.3, 0.4) is 0 Å². The Bertz CT molecular complexity index is 1060. The maximum absolute atomic E-state index is 12.7. The number of para-hydroxylation sites is 2. The molecule has 142 valence electrons. The van der Waals surface area contributed by atoms with Crippen LogP contribution < -0.4 is 0 Å². The molecule has 0 spiro atoms. The number of aromatic nitrogens is 2. The summed E-state index contributed by atoms with van der Waals surface area (Å²) in [6, 6.07) is 15.0. The zero-order chi connectivity index (χ0) is 19.7. The summed E-state index contributed by atoms with van der Waals surface area (Å²) in [5.74, 6) is -0.708. The average Bonchev–Trinajstić information content (AvgIpc) is 3.30. The summed E-state index contributed by atoms with van der Waals surface area (Å²) < 4.78 is 0.920. The van der Waals surface area contributed by atoms with Crippen molar-refractivity contribution in [2.24, 2.45) is 5.10 Å². The molecule has 0 saturated heterocycles. The predicted molar refractivity (Wildman–Crippen MR) is 108 cm³/mol. The van der Waals surface area contributed by atoms with E-state index in [1.54, 1.807) is 0 Å². The number of carboxylic acid groups (broad SMARTS) is 1. The lowest BCUT2D eigenvalue weighted by Gasteiger charge is -2.19. The van der Waals surface area contributed by atoms with Gasteiger partial charge < -0.3 is 10.1 Å². The fraction of sp³-hybridized carbons (Fsp3) is 0.200. The number of nitrogens with zero attached hydrogens (tertiary/aromatic N) is 3. The molecule has 28 heavy (non-hydrogen) atoms. The second-order valence-electron chi connectivity index (χ2n) is 6.55. The van der Waals surface area contributed by atoms with Gasteiger partial charge in [-0.2, -0.15) is 5.10 Å². The Balaban J connectivity index is 1.69. The molecule has 2 N–H and O–H groups in total. The fourth-order valence-electron chi connectivity index (χ4n) is 3.25. The number of nitrogens with one attached hydrogen (secondary N) is 1. The Hall–Kier alpha value is -3.00. The van der Waals surface area contributed by atoms with Crippen LogP contribution in [-0.2, 0) is 9.59 Å². The zero-order valence-electron chi connectivity index (χ0n) is 14.8. The lowest BCUT2D eigenvalue weighted by molar-refractivity contribution is -0.141. The highest BCUT2D eigenvalue weighted by Crippen LogP contribution is 2.33. The quantitative estimate of drug-likeness (QED) is 0.628. The van der Waals surface area contributed by atoms with Crippen LogP contribution in [-0.4, -0.2) is 37.7 Å². The summed E-state index contributed by atoms with van der Waals surface area (Å²) in [5.41, 5.74) is 3.36.